The molecule has 1 fully saturated rings. The zero-order valence-corrected chi connectivity index (χ0v) is 9.96. The molecule has 0 radical (unpaired) electrons. The molecular formula is C9H16N6O2. The highest BCUT2D eigenvalue weighted by Crippen LogP contribution is 2.22. The van der Waals surface area contributed by atoms with E-state index in [2.05, 4.69) is 22.5 Å². The molecule has 8 heteroatoms. The van der Waals surface area contributed by atoms with E-state index in [4.69, 9.17) is 0 Å². The molecule has 0 bridgehead atoms. The van der Waals surface area contributed by atoms with Gasteiger partial charge in [0, 0.05) is 33.2 Å². The van der Waals surface area contributed by atoms with E-state index in [9.17, 15) is 10.1 Å². The third-order valence-electron chi connectivity index (χ3n) is 2.77. The number of hydrazine groups is 1. The molecule has 1 aliphatic rings. The Bertz CT molecular complexity index is 410. The van der Waals surface area contributed by atoms with Gasteiger partial charge >= 0.3 is 5.69 Å². The summed E-state index contributed by atoms with van der Waals surface area (Å²) in [7, 11) is 3.72. The van der Waals surface area contributed by atoms with Crippen molar-refractivity contribution >= 4 is 11.5 Å². The van der Waals surface area contributed by atoms with Gasteiger partial charge in [-0.15, -0.1) is 5.10 Å². The van der Waals surface area contributed by atoms with Crippen molar-refractivity contribution < 1.29 is 4.92 Å². The smallest absolute Gasteiger partial charge is 0.304 e. The lowest BCUT2D eigenvalue weighted by Crippen LogP contribution is -2.47. The van der Waals surface area contributed by atoms with Crippen LogP contribution < -0.4 is 5.43 Å². The van der Waals surface area contributed by atoms with E-state index in [1.54, 1.807) is 7.05 Å². The molecule has 8 nitrogen and oxygen atoms in total. The minimum Gasteiger partial charge on any atom is -0.304 e. The number of nitrogens with one attached hydrogen (secondary N) is 1. The fourth-order valence-electron chi connectivity index (χ4n) is 1.76. The molecule has 1 aromatic heterocycles. The molecule has 1 N–H and O–H groups in total. The predicted octanol–water partition coefficient (Wildman–Crippen LogP) is -0.0974. The molecule has 0 aromatic carbocycles. The van der Waals surface area contributed by atoms with Crippen molar-refractivity contribution in [2.24, 2.45) is 7.05 Å². The summed E-state index contributed by atoms with van der Waals surface area (Å²) in [5, 5.41) is 16.8. The summed E-state index contributed by atoms with van der Waals surface area (Å²) in [5.74, 6) is 0.307. The minimum absolute atomic E-state index is 0.00595. The topological polar surface area (TPSA) is 79.5 Å². The van der Waals surface area contributed by atoms with Gasteiger partial charge in [-0.05, 0) is 7.05 Å². The number of piperazine rings is 1. The van der Waals surface area contributed by atoms with Crippen LogP contribution in [0.3, 0.4) is 0 Å². The summed E-state index contributed by atoms with van der Waals surface area (Å²) in [6.07, 6.45) is 1.40. The van der Waals surface area contributed by atoms with Crippen molar-refractivity contribution in [1.82, 2.24) is 19.7 Å². The Kier molecular flexibility index (Phi) is 3.25. The van der Waals surface area contributed by atoms with Crippen molar-refractivity contribution in [1.29, 1.82) is 0 Å². The van der Waals surface area contributed by atoms with Gasteiger partial charge in [0.15, 0.2) is 0 Å². The molecule has 0 spiro atoms. The summed E-state index contributed by atoms with van der Waals surface area (Å²) in [6, 6.07) is 0. The summed E-state index contributed by atoms with van der Waals surface area (Å²) >= 11 is 0. The van der Waals surface area contributed by atoms with Gasteiger partial charge < -0.3 is 4.90 Å². The Hall–Kier alpha value is -1.67. The first-order chi connectivity index (χ1) is 8.06. The lowest BCUT2D eigenvalue weighted by atomic mass is 10.4. The van der Waals surface area contributed by atoms with Crippen LogP contribution in [0.25, 0.3) is 0 Å². The molecule has 0 amide bonds. The molecule has 1 aliphatic heterocycles. The SMILES string of the molecule is CN1CCN(Nc2nn(C)cc2[N+](=O)[O-])CC1. The number of nitrogens with zero attached hydrogens (tertiary/aromatic N) is 5. The van der Waals surface area contributed by atoms with Crippen LogP contribution in [0.1, 0.15) is 0 Å². The molecule has 0 atom stereocenters. The molecule has 0 saturated carbocycles. The number of hydrogen-bond donors (Lipinski definition) is 1. The standard InChI is InChI=1S/C9H16N6O2/c1-12-3-5-14(6-4-12)11-9-8(15(16)17)7-13(2)10-9/h7H,3-6H2,1-2H3,(H,10,11). The molecule has 1 saturated heterocycles. The van der Waals surface area contributed by atoms with E-state index in [1.807, 2.05) is 5.01 Å². The molecular weight excluding hydrogens is 224 g/mol. The van der Waals surface area contributed by atoms with Gasteiger partial charge in [0.25, 0.3) is 0 Å². The zero-order valence-electron chi connectivity index (χ0n) is 9.96. The fraction of sp³-hybridized carbons (Fsp3) is 0.667. The first-order valence-corrected chi connectivity index (χ1v) is 5.44. The fourth-order valence-corrected chi connectivity index (χ4v) is 1.76. The van der Waals surface area contributed by atoms with E-state index >= 15 is 0 Å². The average molecular weight is 240 g/mol. The number of aryl methyl sites for hydroxylation is 1. The Labute approximate surface area is 98.9 Å². The van der Waals surface area contributed by atoms with Gasteiger partial charge in [-0.1, -0.05) is 0 Å². The molecule has 1 aromatic rings. The molecule has 94 valence electrons. The van der Waals surface area contributed by atoms with Crippen molar-refractivity contribution in [3.63, 3.8) is 0 Å². The maximum atomic E-state index is 10.8. The molecule has 0 unspecified atom stereocenters. The largest absolute Gasteiger partial charge is 0.332 e. The number of rotatable bonds is 3. The summed E-state index contributed by atoms with van der Waals surface area (Å²) in [5.41, 5.74) is 3.01. The van der Waals surface area contributed by atoms with Gasteiger partial charge in [-0.25, -0.2) is 5.01 Å². The second-order valence-corrected chi connectivity index (χ2v) is 4.20. The average Bonchev–Trinajstić information content (AvgIpc) is 2.63. The number of hydrogen-bond acceptors (Lipinski definition) is 6. The summed E-state index contributed by atoms with van der Waals surface area (Å²) in [6.45, 7) is 3.52. The number of nitro groups is 1. The van der Waals surface area contributed by atoms with Crippen LogP contribution in [0.2, 0.25) is 0 Å². The summed E-state index contributed by atoms with van der Waals surface area (Å²) < 4.78 is 1.44. The lowest BCUT2D eigenvalue weighted by Gasteiger charge is -2.32. The number of aromatic nitrogens is 2. The van der Waals surface area contributed by atoms with E-state index in [1.165, 1.54) is 10.9 Å². The van der Waals surface area contributed by atoms with Crippen LogP contribution in [0.4, 0.5) is 11.5 Å². The normalized spacial score (nSPS) is 18.2. The summed E-state index contributed by atoms with van der Waals surface area (Å²) in [4.78, 5) is 12.6. The van der Waals surface area contributed by atoms with Gasteiger partial charge in [0.2, 0.25) is 5.82 Å². The van der Waals surface area contributed by atoms with Crippen LogP contribution in [-0.4, -0.2) is 57.8 Å². The highest BCUT2D eigenvalue weighted by atomic mass is 16.6. The molecule has 17 heavy (non-hydrogen) atoms. The zero-order chi connectivity index (χ0) is 12.4. The van der Waals surface area contributed by atoms with Crippen molar-refractivity contribution in [2.45, 2.75) is 0 Å². The first-order valence-electron chi connectivity index (χ1n) is 5.44. The van der Waals surface area contributed by atoms with Crippen LogP contribution in [0.5, 0.6) is 0 Å². The Morgan fingerprint density at radius 3 is 2.59 bits per heavy atom. The molecule has 0 aliphatic carbocycles. The van der Waals surface area contributed by atoms with E-state index in [-0.39, 0.29) is 5.69 Å². The highest BCUT2D eigenvalue weighted by Gasteiger charge is 2.22. The van der Waals surface area contributed by atoms with Crippen LogP contribution >= 0.6 is 0 Å². The second kappa shape index (κ2) is 4.68. The predicted molar refractivity (Wildman–Crippen MR) is 62.6 cm³/mol. The van der Waals surface area contributed by atoms with E-state index < -0.39 is 4.92 Å². The van der Waals surface area contributed by atoms with Crippen LogP contribution in [-0.2, 0) is 7.05 Å². The second-order valence-electron chi connectivity index (χ2n) is 4.20. The Balaban J connectivity index is 2.05. The lowest BCUT2D eigenvalue weighted by molar-refractivity contribution is -0.384. The first kappa shape index (κ1) is 11.8. The third-order valence-corrected chi connectivity index (χ3v) is 2.77. The number of anilines is 1. The molecule has 2 rings (SSSR count). The van der Waals surface area contributed by atoms with Crippen LogP contribution in [0.15, 0.2) is 6.20 Å². The van der Waals surface area contributed by atoms with E-state index in [0.717, 1.165) is 26.2 Å². The van der Waals surface area contributed by atoms with Crippen molar-refractivity contribution in [2.75, 3.05) is 38.7 Å². The highest BCUT2D eigenvalue weighted by molar-refractivity contribution is 5.53. The Morgan fingerprint density at radius 2 is 2.00 bits per heavy atom. The minimum atomic E-state index is -0.425. The monoisotopic (exact) mass is 240 g/mol. The van der Waals surface area contributed by atoms with Crippen LogP contribution in [0, 0.1) is 10.1 Å². The number of likely N-dealkylation sites (N-methyl/N-ethyl adjacent to an activating group) is 1. The Morgan fingerprint density at radius 1 is 1.35 bits per heavy atom. The van der Waals surface area contributed by atoms with Crippen molar-refractivity contribution in [3.05, 3.63) is 16.3 Å². The van der Waals surface area contributed by atoms with Gasteiger partial charge in [0.05, 0.1) is 4.92 Å². The maximum absolute atomic E-state index is 10.8. The maximum Gasteiger partial charge on any atom is 0.332 e. The van der Waals surface area contributed by atoms with Gasteiger partial charge in [-0.2, -0.15) is 0 Å². The van der Waals surface area contributed by atoms with Gasteiger partial charge in [-0.3, -0.25) is 20.2 Å². The quantitative estimate of drug-likeness (QED) is 0.587. The van der Waals surface area contributed by atoms with Gasteiger partial charge in [0.1, 0.15) is 6.20 Å². The third kappa shape index (κ3) is 2.71. The van der Waals surface area contributed by atoms with E-state index in [0.29, 0.717) is 5.82 Å². The molecule has 2 heterocycles. The van der Waals surface area contributed by atoms with Crippen molar-refractivity contribution in [3.8, 4) is 0 Å².